The van der Waals surface area contributed by atoms with Gasteiger partial charge in [0.2, 0.25) is 0 Å². The second-order valence-electron chi connectivity index (χ2n) is 1.23. The molecule has 0 aromatic heterocycles. The lowest BCUT2D eigenvalue weighted by molar-refractivity contribution is 0.283. The summed E-state index contributed by atoms with van der Waals surface area (Å²) in [7, 11) is 0. The van der Waals surface area contributed by atoms with Gasteiger partial charge in [-0.2, -0.15) is 0 Å². The number of rotatable bonds is 0. The summed E-state index contributed by atoms with van der Waals surface area (Å²) in [5.74, 6) is 0. The van der Waals surface area contributed by atoms with Crippen LogP contribution in [0.1, 0.15) is 0 Å². The monoisotopic (exact) mass is 84.0 g/mol. The lowest BCUT2D eigenvalue weighted by Gasteiger charge is -1.94. The van der Waals surface area contributed by atoms with Crippen LogP contribution < -0.4 is 0 Å². The molecule has 0 bridgehead atoms. The molecule has 1 radical (unpaired) electrons. The van der Waals surface area contributed by atoms with E-state index < -0.39 is 0 Å². The van der Waals surface area contributed by atoms with E-state index in [1.165, 1.54) is 6.40 Å². The molecule has 0 spiro atoms. The summed E-state index contributed by atoms with van der Waals surface area (Å²) in [5, 5.41) is 0. The Morgan fingerprint density at radius 3 is 3.00 bits per heavy atom. The minimum Gasteiger partial charge on any atom is -0.478 e. The molecule has 0 amide bonds. The Kier molecular flexibility index (Phi) is 0.783. The standard InChI is InChI=1S/C4H6NO/c1-4-2-5-3-6-4/h3-4H,1-2H2. The number of aliphatic imine (C=N–C) groups is 1. The molecule has 1 atom stereocenters. The molecule has 0 aromatic carbocycles. The smallest absolute Gasteiger partial charge is 0.170 e. The Morgan fingerprint density at radius 1 is 2.00 bits per heavy atom. The molecule has 0 fully saturated rings. The predicted octanol–water partition coefficient (Wildman–Crippen LogP) is 0.248. The summed E-state index contributed by atoms with van der Waals surface area (Å²) in [6.07, 6.45) is 1.52. The lowest BCUT2D eigenvalue weighted by atomic mass is 10.4. The van der Waals surface area contributed by atoms with Crippen LogP contribution >= 0.6 is 0 Å². The summed E-state index contributed by atoms with van der Waals surface area (Å²) in [6.45, 7) is 4.31. The molecule has 0 N–H and O–H groups in total. The van der Waals surface area contributed by atoms with E-state index in [0.717, 1.165) is 6.54 Å². The van der Waals surface area contributed by atoms with Crippen molar-refractivity contribution in [1.82, 2.24) is 0 Å². The third kappa shape index (κ3) is 0.506. The van der Waals surface area contributed by atoms with Crippen LogP contribution in [0.2, 0.25) is 0 Å². The number of nitrogens with zero attached hydrogens (tertiary/aromatic N) is 1. The lowest BCUT2D eigenvalue weighted by Crippen LogP contribution is -2.01. The molecule has 1 heterocycles. The minimum atomic E-state index is 0.0741. The van der Waals surface area contributed by atoms with Crippen molar-refractivity contribution in [2.75, 3.05) is 6.54 Å². The zero-order chi connectivity index (χ0) is 4.41. The fourth-order valence-corrected chi connectivity index (χ4v) is 0.333. The van der Waals surface area contributed by atoms with E-state index in [0.29, 0.717) is 0 Å². The van der Waals surface area contributed by atoms with E-state index in [4.69, 9.17) is 4.74 Å². The average molecular weight is 84.1 g/mol. The molecule has 1 aliphatic heterocycles. The Hall–Kier alpha value is -0.530. The van der Waals surface area contributed by atoms with E-state index in [1.807, 2.05) is 0 Å². The average Bonchev–Trinajstić information content (AvgIpc) is 1.86. The van der Waals surface area contributed by atoms with Gasteiger partial charge in [-0.3, -0.25) is 4.99 Å². The fraction of sp³-hybridized carbons (Fsp3) is 0.500. The summed E-state index contributed by atoms with van der Waals surface area (Å²) in [5.41, 5.74) is 0. The molecule has 2 heteroatoms. The van der Waals surface area contributed by atoms with E-state index in [2.05, 4.69) is 11.9 Å². The molecule has 2 nitrogen and oxygen atoms in total. The van der Waals surface area contributed by atoms with Gasteiger partial charge < -0.3 is 4.74 Å². The Balaban J connectivity index is 2.32. The maximum absolute atomic E-state index is 4.75. The van der Waals surface area contributed by atoms with Crippen LogP contribution in [0.15, 0.2) is 4.99 Å². The highest BCUT2D eigenvalue weighted by Gasteiger charge is 2.01. The third-order valence-electron chi connectivity index (χ3n) is 0.637. The van der Waals surface area contributed by atoms with E-state index in [9.17, 15) is 0 Å². The molecule has 6 heavy (non-hydrogen) atoms. The topological polar surface area (TPSA) is 21.6 Å². The molecule has 1 aliphatic rings. The van der Waals surface area contributed by atoms with Gasteiger partial charge in [0, 0.05) is 0 Å². The number of hydrogen-bond donors (Lipinski definition) is 0. The minimum absolute atomic E-state index is 0.0741. The molecule has 0 saturated carbocycles. The van der Waals surface area contributed by atoms with E-state index in [1.54, 1.807) is 0 Å². The zero-order valence-corrected chi connectivity index (χ0v) is 3.42. The van der Waals surface area contributed by atoms with Crippen LogP contribution in [0.3, 0.4) is 0 Å². The van der Waals surface area contributed by atoms with Gasteiger partial charge in [0.25, 0.3) is 0 Å². The largest absolute Gasteiger partial charge is 0.478 e. The second kappa shape index (κ2) is 1.29. The maximum atomic E-state index is 4.75. The van der Waals surface area contributed by atoms with Crippen LogP contribution in [0, 0.1) is 6.92 Å². The van der Waals surface area contributed by atoms with Gasteiger partial charge in [-0.25, -0.2) is 0 Å². The van der Waals surface area contributed by atoms with Crippen molar-refractivity contribution in [2.24, 2.45) is 4.99 Å². The zero-order valence-electron chi connectivity index (χ0n) is 3.42. The van der Waals surface area contributed by atoms with Gasteiger partial charge in [-0.15, -0.1) is 0 Å². The van der Waals surface area contributed by atoms with Crippen molar-refractivity contribution in [1.29, 1.82) is 0 Å². The molecule has 0 aliphatic carbocycles. The normalized spacial score (nSPS) is 30.5. The molecule has 1 rings (SSSR count). The van der Waals surface area contributed by atoms with Crippen molar-refractivity contribution in [3.63, 3.8) is 0 Å². The molecule has 33 valence electrons. The van der Waals surface area contributed by atoms with Crippen molar-refractivity contribution in [2.45, 2.75) is 6.10 Å². The Labute approximate surface area is 36.8 Å². The third-order valence-corrected chi connectivity index (χ3v) is 0.637. The van der Waals surface area contributed by atoms with Crippen molar-refractivity contribution in [3.05, 3.63) is 6.92 Å². The van der Waals surface area contributed by atoms with Crippen LogP contribution in [-0.2, 0) is 4.74 Å². The first-order valence-electron chi connectivity index (χ1n) is 1.86. The molecule has 1 unspecified atom stereocenters. The highest BCUT2D eigenvalue weighted by atomic mass is 16.5. The first kappa shape index (κ1) is 3.65. The number of ether oxygens (including phenoxy) is 1. The van der Waals surface area contributed by atoms with Gasteiger partial charge in [0.1, 0.15) is 6.10 Å². The molecule has 0 saturated heterocycles. The second-order valence-corrected chi connectivity index (χ2v) is 1.23. The van der Waals surface area contributed by atoms with Crippen molar-refractivity contribution < 1.29 is 4.74 Å². The number of hydrogen-bond acceptors (Lipinski definition) is 2. The highest BCUT2D eigenvalue weighted by molar-refractivity contribution is 5.48. The predicted molar refractivity (Wildman–Crippen MR) is 23.6 cm³/mol. The molecular formula is C4H6NO. The van der Waals surface area contributed by atoms with Crippen molar-refractivity contribution in [3.8, 4) is 0 Å². The molecular weight excluding hydrogens is 78.0 g/mol. The molecule has 0 aromatic rings. The van der Waals surface area contributed by atoms with Crippen molar-refractivity contribution >= 4 is 6.40 Å². The van der Waals surface area contributed by atoms with Crippen LogP contribution in [0.5, 0.6) is 0 Å². The van der Waals surface area contributed by atoms with Crippen LogP contribution in [0.4, 0.5) is 0 Å². The first-order chi connectivity index (χ1) is 2.89. The highest BCUT2D eigenvalue weighted by Crippen LogP contribution is 1.93. The van der Waals surface area contributed by atoms with E-state index >= 15 is 0 Å². The first-order valence-corrected chi connectivity index (χ1v) is 1.86. The SMILES string of the molecule is [CH2]C1CN=CO1. The Bertz CT molecular complexity index is 61.9. The van der Waals surface area contributed by atoms with Gasteiger partial charge >= 0.3 is 0 Å². The van der Waals surface area contributed by atoms with Gasteiger partial charge in [-0.05, 0) is 6.92 Å². The Morgan fingerprint density at radius 2 is 2.83 bits per heavy atom. The summed E-state index contributed by atoms with van der Waals surface area (Å²) in [6, 6.07) is 0. The summed E-state index contributed by atoms with van der Waals surface area (Å²) in [4.78, 5) is 3.75. The van der Waals surface area contributed by atoms with Gasteiger partial charge in [-0.1, -0.05) is 0 Å². The summed E-state index contributed by atoms with van der Waals surface area (Å²) >= 11 is 0. The maximum Gasteiger partial charge on any atom is 0.170 e. The van der Waals surface area contributed by atoms with Crippen LogP contribution in [-0.4, -0.2) is 19.0 Å². The van der Waals surface area contributed by atoms with Gasteiger partial charge in [0.05, 0.1) is 6.54 Å². The van der Waals surface area contributed by atoms with E-state index in [-0.39, 0.29) is 6.10 Å². The quantitative estimate of drug-likeness (QED) is 0.412. The van der Waals surface area contributed by atoms with Gasteiger partial charge in [0.15, 0.2) is 6.40 Å². The summed E-state index contributed by atoms with van der Waals surface area (Å²) < 4.78 is 4.75. The fourth-order valence-electron chi connectivity index (χ4n) is 0.333. The van der Waals surface area contributed by atoms with Crippen LogP contribution in [0.25, 0.3) is 0 Å².